The van der Waals surface area contributed by atoms with Crippen LogP contribution in [0.4, 0.5) is 0 Å². The lowest BCUT2D eigenvalue weighted by atomic mass is 10.3. The van der Waals surface area contributed by atoms with Gasteiger partial charge in [0.05, 0.1) is 5.75 Å². The van der Waals surface area contributed by atoms with Crippen LogP contribution in [-0.2, 0) is 4.79 Å². The molecule has 0 fully saturated rings. The van der Waals surface area contributed by atoms with Crippen molar-refractivity contribution in [2.45, 2.75) is 13.3 Å². The van der Waals surface area contributed by atoms with Gasteiger partial charge in [0.15, 0.2) is 0 Å². The SMILES string of the molecule is CCCSCC(=O)Oc1ccccc1. The molecule has 0 aliphatic carbocycles. The van der Waals surface area contributed by atoms with Crippen molar-refractivity contribution in [2.75, 3.05) is 11.5 Å². The van der Waals surface area contributed by atoms with E-state index in [1.807, 2.05) is 18.2 Å². The fourth-order valence-corrected chi connectivity index (χ4v) is 1.61. The van der Waals surface area contributed by atoms with Crippen LogP contribution in [-0.4, -0.2) is 17.5 Å². The highest BCUT2D eigenvalue weighted by atomic mass is 32.2. The Morgan fingerprint density at radius 2 is 2.07 bits per heavy atom. The van der Waals surface area contributed by atoms with Crippen LogP contribution in [0.15, 0.2) is 30.3 Å². The average molecular weight is 210 g/mol. The monoisotopic (exact) mass is 210 g/mol. The zero-order chi connectivity index (χ0) is 10.2. The van der Waals surface area contributed by atoms with Gasteiger partial charge < -0.3 is 4.74 Å². The highest BCUT2D eigenvalue weighted by Crippen LogP contribution is 2.10. The van der Waals surface area contributed by atoms with E-state index in [2.05, 4.69) is 6.92 Å². The number of rotatable bonds is 5. The molecule has 1 aromatic rings. The molecule has 14 heavy (non-hydrogen) atoms. The predicted molar refractivity (Wildman–Crippen MR) is 59.7 cm³/mol. The van der Waals surface area contributed by atoms with Gasteiger partial charge in [-0.1, -0.05) is 25.1 Å². The average Bonchev–Trinajstić information content (AvgIpc) is 2.20. The van der Waals surface area contributed by atoms with Gasteiger partial charge in [-0.2, -0.15) is 11.8 Å². The van der Waals surface area contributed by atoms with Gasteiger partial charge in [0.25, 0.3) is 0 Å². The largest absolute Gasteiger partial charge is 0.426 e. The van der Waals surface area contributed by atoms with Crippen LogP contribution in [0.1, 0.15) is 13.3 Å². The minimum absolute atomic E-state index is 0.172. The van der Waals surface area contributed by atoms with Crippen LogP contribution in [0.5, 0.6) is 5.75 Å². The third-order valence-electron chi connectivity index (χ3n) is 1.54. The molecule has 0 bridgehead atoms. The molecule has 0 aliphatic heterocycles. The van der Waals surface area contributed by atoms with E-state index in [1.165, 1.54) is 0 Å². The second kappa shape index (κ2) is 6.49. The van der Waals surface area contributed by atoms with Crippen molar-refractivity contribution in [3.8, 4) is 5.75 Å². The van der Waals surface area contributed by atoms with Gasteiger partial charge in [-0.05, 0) is 24.3 Å². The van der Waals surface area contributed by atoms with Crippen LogP contribution >= 0.6 is 11.8 Å². The predicted octanol–water partition coefficient (Wildman–Crippen LogP) is 2.74. The maximum absolute atomic E-state index is 11.2. The number of hydrogen-bond donors (Lipinski definition) is 0. The van der Waals surface area contributed by atoms with E-state index in [-0.39, 0.29) is 5.97 Å². The summed E-state index contributed by atoms with van der Waals surface area (Å²) >= 11 is 1.61. The van der Waals surface area contributed by atoms with Crippen molar-refractivity contribution in [1.29, 1.82) is 0 Å². The topological polar surface area (TPSA) is 26.3 Å². The van der Waals surface area contributed by atoms with Gasteiger partial charge in [0.1, 0.15) is 5.75 Å². The zero-order valence-corrected chi connectivity index (χ0v) is 9.05. The fraction of sp³-hybridized carbons (Fsp3) is 0.364. The van der Waals surface area contributed by atoms with Crippen molar-refractivity contribution in [3.05, 3.63) is 30.3 Å². The van der Waals surface area contributed by atoms with Crippen molar-refractivity contribution in [2.24, 2.45) is 0 Å². The van der Waals surface area contributed by atoms with E-state index in [0.29, 0.717) is 11.5 Å². The number of hydrogen-bond acceptors (Lipinski definition) is 3. The first-order valence-electron chi connectivity index (χ1n) is 4.66. The van der Waals surface area contributed by atoms with Crippen molar-refractivity contribution >= 4 is 17.7 Å². The Morgan fingerprint density at radius 3 is 2.71 bits per heavy atom. The van der Waals surface area contributed by atoms with Gasteiger partial charge in [-0.25, -0.2) is 0 Å². The van der Waals surface area contributed by atoms with E-state index < -0.39 is 0 Å². The van der Waals surface area contributed by atoms with E-state index in [1.54, 1.807) is 23.9 Å². The summed E-state index contributed by atoms with van der Waals surface area (Å²) in [4.78, 5) is 11.2. The summed E-state index contributed by atoms with van der Waals surface area (Å²) in [5, 5.41) is 0. The standard InChI is InChI=1S/C11H14O2S/c1-2-8-14-9-11(12)13-10-6-4-3-5-7-10/h3-7H,2,8-9H2,1H3. The first kappa shape index (κ1) is 11.1. The summed E-state index contributed by atoms with van der Waals surface area (Å²) in [7, 11) is 0. The molecule has 0 heterocycles. The van der Waals surface area contributed by atoms with E-state index >= 15 is 0 Å². The van der Waals surface area contributed by atoms with Crippen molar-refractivity contribution in [1.82, 2.24) is 0 Å². The Morgan fingerprint density at radius 1 is 1.36 bits per heavy atom. The molecule has 0 N–H and O–H groups in total. The minimum atomic E-state index is -0.172. The Labute approximate surface area is 88.7 Å². The molecule has 0 unspecified atom stereocenters. The molecule has 0 radical (unpaired) electrons. The molecule has 3 heteroatoms. The summed E-state index contributed by atoms with van der Waals surface area (Å²) in [6, 6.07) is 9.15. The van der Waals surface area contributed by atoms with Gasteiger partial charge in [0.2, 0.25) is 0 Å². The fourth-order valence-electron chi connectivity index (χ4n) is 0.949. The molecule has 0 spiro atoms. The number of esters is 1. The molecule has 0 aliphatic rings. The first-order chi connectivity index (χ1) is 6.83. The lowest BCUT2D eigenvalue weighted by Crippen LogP contribution is -2.10. The van der Waals surface area contributed by atoms with Gasteiger partial charge in [-0.3, -0.25) is 4.79 Å². The molecule has 0 saturated carbocycles. The van der Waals surface area contributed by atoms with Crippen LogP contribution in [0.3, 0.4) is 0 Å². The maximum atomic E-state index is 11.2. The molecule has 0 saturated heterocycles. The Kier molecular flexibility index (Phi) is 5.15. The zero-order valence-electron chi connectivity index (χ0n) is 8.23. The summed E-state index contributed by atoms with van der Waals surface area (Å²) in [5.74, 6) is 1.89. The number of benzene rings is 1. The molecular weight excluding hydrogens is 196 g/mol. The van der Waals surface area contributed by atoms with Crippen molar-refractivity contribution in [3.63, 3.8) is 0 Å². The summed E-state index contributed by atoms with van der Waals surface area (Å²) in [5.41, 5.74) is 0. The smallest absolute Gasteiger partial charge is 0.321 e. The Balaban J connectivity index is 2.27. The first-order valence-corrected chi connectivity index (χ1v) is 5.82. The van der Waals surface area contributed by atoms with Crippen molar-refractivity contribution < 1.29 is 9.53 Å². The van der Waals surface area contributed by atoms with Crippen LogP contribution < -0.4 is 4.74 Å². The van der Waals surface area contributed by atoms with Gasteiger partial charge in [0, 0.05) is 0 Å². The molecule has 0 amide bonds. The number of carbonyl (C=O) groups is 1. The lowest BCUT2D eigenvalue weighted by molar-refractivity contribution is -0.131. The van der Waals surface area contributed by atoms with E-state index in [9.17, 15) is 4.79 Å². The summed E-state index contributed by atoms with van der Waals surface area (Å²) < 4.78 is 5.10. The number of thioether (sulfide) groups is 1. The molecule has 76 valence electrons. The second-order valence-electron chi connectivity index (χ2n) is 2.84. The van der Waals surface area contributed by atoms with Crippen LogP contribution in [0.25, 0.3) is 0 Å². The van der Waals surface area contributed by atoms with Crippen LogP contribution in [0, 0.1) is 0 Å². The molecule has 1 aromatic carbocycles. The Hall–Kier alpha value is -0.960. The van der Waals surface area contributed by atoms with Crippen LogP contribution in [0.2, 0.25) is 0 Å². The molecule has 0 aromatic heterocycles. The van der Waals surface area contributed by atoms with E-state index in [0.717, 1.165) is 12.2 Å². The molecule has 0 atom stereocenters. The Bertz CT molecular complexity index is 272. The normalized spacial score (nSPS) is 9.79. The second-order valence-corrected chi connectivity index (χ2v) is 3.94. The molecular formula is C11H14O2S. The third kappa shape index (κ3) is 4.33. The number of ether oxygens (including phenoxy) is 1. The third-order valence-corrected chi connectivity index (χ3v) is 2.68. The van der Waals surface area contributed by atoms with Gasteiger partial charge in [-0.15, -0.1) is 0 Å². The molecule has 2 nitrogen and oxygen atoms in total. The summed E-state index contributed by atoms with van der Waals surface area (Å²) in [6.07, 6.45) is 1.09. The quantitative estimate of drug-likeness (QED) is 0.424. The number of carbonyl (C=O) groups excluding carboxylic acids is 1. The van der Waals surface area contributed by atoms with E-state index in [4.69, 9.17) is 4.74 Å². The summed E-state index contributed by atoms with van der Waals surface area (Å²) in [6.45, 7) is 2.09. The lowest BCUT2D eigenvalue weighted by Gasteiger charge is -2.02. The van der Waals surface area contributed by atoms with Gasteiger partial charge >= 0.3 is 5.97 Å². The number of para-hydroxylation sites is 1. The minimum Gasteiger partial charge on any atom is -0.426 e. The molecule has 1 rings (SSSR count). The highest BCUT2D eigenvalue weighted by Gasteiger charge is 2.03. The highest BCUT2D eigenvalue weighted by molar-refractivity contribution is 7.99. The maximum Gasteiger partial charge on any atom is 0.321 e.